The van der Waals surface area contributed by atoms with Gasteiger partial charge in [-0.05, 0) is 65.1 Å². The maximum atomic E-state index is 13.8. The highest BCUT2D eigenvalue weighted by Gasteiger charge is 2.56. The second kappa shape index (κ2) is 15.4. The van der Waals surface area contributed by atoms with Gasteiger partial charge in [0, 0.05) is 18.8 Å². The van der Waals surface area contributed by atoms with Crippen LogP contribution in [0.3, 0.4) is 0 Å². The van der Waals surface area contributed by atoms with Gasteiger partial charge in [-0.25, -0.2) is 4.98 Å². The van der Waals surface area contributed by atoms with Crippen molar-refractivity contribution in [3.8, 4) is 0 Å². The minimum Gasteiger partial charge on any atom is -0.402 e. The second-order valence-corrected chi connectivity index (χ2v) is 12.2. The quantitative estimate of drug-likeness (QED) is 0.207. The molecule has 0 saturated carbocycles. The molecule has 10 heteroatoms. The van der Waals surface area contributed by atoms with Crippen LogP contribution in [0.1, 0.15) is 89.2 Å². The molecule has 2 heterocycles. The molecule has 1 fully saturated rings. The summed E-state index contributed by atoms with van der Waals surface area (Å²) in [4.78, 5) is 34.9. The molecule has 1 saturated heterocycles. The Hall–Kier alpha value is -2.82. The standard InChI is InChI=1S/C31H48BN5O4/c1-23(2)20-27(32-40-30(3,4)31(5,41-32)16-12-7-8-13-17-33-6)37-28(38)25(21-24-14-10-9-11-15-24)36-29(39)26-22-34-18-19-35-26/h9-11,14-15,18-19,22-23,25,27,33H,7-8,12-13,16-17,20-21H2,1-6H3,(H,36,39)(H,37,38)/t25-,27-,31?/m0/s1. The van der Waals surface area contributed by atoms with E-state index in [1.807, 2.05) is 37.4 Å². The third-order valence-corrected chi connectivity index (χ3v) is 7.97. The fourth-order valence-corrected chi connectivity index (χ4v) is 5.22. The minimum absolute atomic E-state index is 0.156. The van der Waals surface area contributed by atoms with Gasteiger partial charge >= 0.3 is 7.12 Å². The first-order valence-electron chi connectivity index (χ1n) is 15.0. The van der Waals surface area contributed by atoms with Crippen molar-refractivity contribution < 1.29 is 18.9 Å². The molecule has 1 aromatic carbocycles. The number of nitrogens with zero attached hydrogens (tertiary/aromatic N) is 2. The number of carbonyl (C=O) groups is 2. The number of nitrogens with one attached hydrogen (secondary N) is 3. The van der Waals surface area contributed by atoms with E-state index in [-0.39, 0.29) is 23.5 Å². The zero-order valence-electron chi connectivity index (χ0n) is 25.6. The number of carbonyl (C=O) groups excluding carboxylic acids is 2. The largest absolute Gasteiger partial charge is 0.481 e. The number of aromatic nitrogens is 2. The lowest BCUT2D eigenvalue weighted by Gasteiger charge is -2.36. The molecule has 2 aromatic rings. The lowest BCUT2D eigenvalue weighted by atomic mass is 9.73. The van der Waals surface area contributed by atoms with E-state index in [0.717, 1.165) is 37.8 Å². The predicted molar refractivity (Wildman–Crippen MR) is 162 cm³/mol. The number of amides is 2. The minimum atomic E-state index is -0.819. The first-order chi connectivity index (χ1) is 19.5. The highest BCUT2D eigenvalue weighted by atomic mass is 16.7. The Bertz CT molecular complexity index is 1090. The van der Waals surface area contributed by atoms with Gasteiger partial charge in [-0.3, -0.25) is 14.6 Å². The summed E-state index contributed by atoms with van der Waals surface area (Å²) in [6, 6.07) is 8.82. The molecule has 1 aromatic heterocycles. The van der Waals surface area contributed by atoms with E-state index in [2.05, 4.69) is 60.5 Å². The molecule has 3 N–H and O–H groups in total. The van der Waals surface area contributed by atoms with Gasteiger partial charge in [-0.1, -0.05) is 63.4 Å². The van der Waals surface area contributed by atoms with E-state index in [0.29, 0.717) is 12.8 Å². The summed E-state index contributed by atoms with van der Waals surface area (Å²) in [5.41, 5.74) is 0.0866. The number of benzene rings is 1. The lowest BCUT2D eigenvalue weighted by Crippen LogP contribution is -2.55. The van der Waals surface area contributed by atoms with Crippen LogP contribution in [0.15, 0.2) is 48.9 Å². The van der Waals surface area contributed by atoms with E-state index < -0.39 is 30.3 Å². The molecular formula is C31H48BN5O4. The van der Waals surface area contributed by atoms with Crippen molar-refractivity contribution in [2.24, 2.45) is 5.92 Å². The van der Waals surface area contributed by atoms with Gasteiger partial charge in [0.05, 0.1) is 23.3 Å². The van der Waals surface area contributed by atoms with Gasteiger partial charge in [0.1, 0.15) is 11.7 Å². The van der Waals surface area contributed by atoms with Crippen LogP contribution in [0.4, 0.5) is 0 Å². The first-order valence-corrected chi connectivity index (χ1v) is 15.0. The van der Waals surface area contributed by atoms with Gasteiger partial charge in [-0.15, -0.1) is 0 Å². The van der Waals surface area contributed by atoms with Gasteiger partial charge in [0.15, 0.2) is 0 Å². The van der Waals surface area contributed by atoms with E-state index in [1.54, 1.807) is 0 Å². The van der Waals surface area contributed by atoms with Crippen LogP contribution in [0, 0.1) is 5.92 Å². The predicted octanol–water partition coefficient (Wildman–Crippen LogP) is 4.13. The number of rotatable bonds is 16. The number of hydrogen-bond acceptors (Lipinski definition) is 7. The Kier molecular flexibility index (Phi) is 12.3. The second-order valence-electron chi connectivity index (χ2n) is 12.2. The molecule has 2 amide bonds. The molecule has 1 aliphatic rings. The summed E-state index contributed by atoms with van der Waals surface area (Å²) in [5, 5.41) is 9.26. The summed E-state index contributed by atoms with van der Waals surface area (Å²) in [5.74, 6) is -0.839. The normalized spacial score (nSPS) is 19.6. The smallest absolute Gasteiger partial charge is 0.402 e. The molecule has 0 aliphatic carbocycles. The third-order valence-electron chi connectivity index (χ3n) is 7.97. The average molecular weight is 566 g/mol. The van der Waals surface area contributed by atoms with Crippen LogP contribution < -0.4 is 16.0 Å². The topological polar surface area (TPSA) is 114 Å². The Morgan fingerprint density at radius 1 is 0.976 bits per heavy atom. The van der Waals surface area contributed by atoms with Crippen molar-refractivity contribution in [1.29, 1.82) is 0 Å². The van der Waals surface area contributed by atoms with Gasteiger partial charge < -0.3 is 25.3 Å². The summed E-state index contributed by atoms with van der Waals surface area (Å²) in [7, 11) is 1.38. The maximum Gasteiger partial charge on any atom is 0.481 e. The molecule has 0 bridgehead atoms. The highest BCUT2D eigenvalue weighted by molar-refractivity contribution is 6.48. The average Bonchev–Trinajstić information content (AvgIpc) is 3.18. The van der Waals surface area contributed by atoms with Crippen molar-refractivity contribution in [1.82, 2.24) is 25.9 Å². The Labute approximate surface area is 246 Å². The van der Waals surface area contributed by atoms with E-state index in [1.165, 1.54) is 25.0 Å². The Morgan fingerprint density at radius 3 is 2.37 bits per heavy atom. The molecule has 0 radical (unpaired) electrons. The van der Waals surface area contributed by atoms with Crippen LogP contribution in [0.5, 0.6) is 0 Å². The van der Waals surface area contributed by atoms with Gasteiger partial charge in [0.25, 0.3) is 5.91 Å². The summed E-state index contributed by atoms with van der Waals surface area (Å²) >= 11 is 0. The molecule has 1 unspecified atom stereocenters. The van der Waals surface area contributed by atoms with Crippen molar-refractivity contribution in [2.45, 2.75) is 103 Å². The molecule has 1 aliphatic heterocycles. The van der Waals surface area contributed by atoms with Crippen molar-refractivity contribution in [2.75, 3.05) is 13.6 Å². The maximum absolute atomic E-state index is 13.8. The van der Waals surface area contributed by atoms with E-state index in [4.69, 9.17) is 9.31 Å². The lowest BCUT2D eigenvalue weighted by molar-refractivity contribution is -0.123. The first kappa shape index (κ1) is 32.7. The molecule has 224 valence electrons. The van der Waals surface area contributed by atoms with Crippen molar-refractivity contribution in [3.05, 3.63) is 60.2 Å². The molecule has 9 nitrogen and oxygen atoms in total. The number of unbranched alkanes of at least 4 members (excludes halogenated alkanes) is 3. The van der Waals surface area contributed by atoms with Gasteiger partial charge in [0.2, 0.25) is 5.91 Å². The third kappa shape index (κ3) is 9.62. The molecular weight excluding hydrogens is 517 g/mol. The van der Waals surface area contributed by atoms with Crippen LogP contribution in [-0.4, -0.2) is 65.7 Å². The SMILES string of the molecule is CNCCCCCCC1(C)OB([C@H](CC(C)C)NC(=O)[C@H](Cc2ccccc2)NC(=O)c2cnccn2)OC1(C)C. The van der Waals surface area contributed by atoms with Crippen molar-refractivity contribution in [3.63, 3.8) is 0 Å². The highest BCUT2D eigenvalue weighted by Crippen LogP contribution is 2.42. The summed E-state index contributed by atoms with van der Waals surface area (Å²) in [6.45, 7) is 11.5. The zero-order valence-corrected chi connectivity index (χ0v) is 25.6. The summed E-state index contributed by atoms with van der Waals surface area (Å²) < 4.78 is 13.2. The molecule has 3 rings (SSSR count). The van der Waals surface area contributed by atoms with Crippen LogP contribution in [0.25, 0.3) is 0 Å². The van der Waals surface area contributed by atoms with E-state index >= 15 is 0 Å². The summed E-state index contributed by atoms with van der Waals surface area (Å²) in [6.07, 6.45) is 10.8. The van der Waals surface area contributed by atoms with Crippen LogP contribution in [-0.2, 0) is 20.5 Å². The zero-order chi connectivity index (χ0) is 29.9. The Balaban J connectivity index is 1.74. The molecule has 41 heavy (non-hydrogen) atoms. The van der Waals surface area contributed by atoms with Crippen LogP contribution in [0.2, 0.25) is 0 Å². The Morgan fingerprint density at radius 2 is 1.71 bits per heavy atom. The van der Waals surface area contributed by atoms with Crippen LogP contribution >= 0.6 is 0 Å². The van der Waals surface area contributed by atoms with Crippen molar-refractivity contribution >= 4 is 18.9 Å². The number of hydrogen-bond donors (Lipinski definition) is 3. The monoisotopic (exact) mass is 565 g/mol. The van der Waals surface area contributed by atoms with Gasteiger partial charge in [-0.2, -0.15) is 0 Å². The fourth-order valence-electron chi connectivity index (χ4n) is 5.22. The van der Waals surface area contributed by atoms with E-state index in [9.17, 15) is 9.59 Å². The fraction of sp³-hybridized carbons (Fsp3) is 0.613. The molecule has 0 spiro atoms. The molecule has 3 atom stereocenters.